The molecule has 11 nitrogen and oxygen atoms in total. The third-order valence-corrected chi connectivity index (χ3v) is 6.50. The number of amides is 1. The third kappa shape index (κ3) is 3.75. The van der Waals surface area contributed by atoms with Crippen LogP contribution in [0, 0.1) is 5.92 Å². The fraction of sp³-hybridized carbons (Fsp3) is 0.700. The number of ether oxygens (including phenoxy) is 1. The summed E-state index contributed by atoms with van der Waals surface area (Å²) in [7, 11) is 0. The number of fused-ring (bicyclic) bond motifs is 1. The van der Waals surface area contributed by atoms with Crippen LogP contribution in [0.25, 0.3) is 11.2 Å². The summed E-state index contributed by atoms with van der Waals surface area (Å²) in [6.45, 7) is 4.25. The minimum atomic E-state index is -1.42. The zero-order chi connectivity index (χ0) is 22.3. The molecule has 0 aromatic carbocycles. The first kappa shape index (κ1) is 21.9. The van der Waals surface area contributed by atoms with Gasteiger partial charge in [-0.3, -0.25) is 9.36 Å². The Morgan fingerprint density at radius 3 is 2.65 bits per heavy atom. The fourth-order valence-corrected chi connectivity index (χ4v) is 4.50. The number of aliphatic hydroxyl groups is 3. The molecule has 4 atom stereocenters. The van der Waals surface area contributed by atoms with Gasteiger partial charge in [-0.25, -0.2) is 15.0 Å². The quantitative estimate of drug-likeness (QED) is 0.433. The van der Waals surface area contributed by atoms with Crippen molar-refractivity contribution in [3.63, 3.8) is 0 Å². The number of imidazole rings is 1. The van der Waals surface area contributed by atoms with Gasteiger partial charge in [0.05, 0.1) is 6.33 Å². The van der Waals surface area contributed by atoms with E-state index in [1.807, 2.05) is 0 Å². The molecule has 170 valence electrons. The summed E-state index contributed by atoms with van der Waals surface area (Å²) in [4.78, 5) is 25.2. The van der Waals surface area contributed by atoms with Gasteiger partial charge >= 0.3 is 0 Å². The number of aliphatic hydroxyl groups excluding tert-OH is 2. The van der Waals surface area contributed by atoms with E-state index in [1.165, 1.54) is 10.9 Å². The van der Waals surface area contributed by atoms with Crippen molar-refractivity contribution in [2.75, 3.05) is 12.3 Å². The lowest BCUT2D eigenvalue weighted by atomic mass is 9.77. The zero-order valence-electron chi connectivity index (χ0n) is 17.7. The summed E-state index contributed by atoms with van der Waals surface area (Å²) in [6.07, 6.45) is 0.126. The first-order valence-corrected chi connectivity index (χ1v) is 10.8. The lowest BCUT2D eigenvalue weighted by Gasteiger charge is -2.34. The molecule has 3 heterocycles. The van der Waals surface area contributed by atoms with Gasteiger partial charge in [0.2, 0.25) is 0 Å². The predicted molar refractivity (Wildman–Crippen MR) is 110 cm³/mol. The van der Waals surface area contributed by atoms with Crippen molar-refractivity contribution in [1.82, 2.24) is 24.8 Å². The molecule has 1 aliphatic heterocycles. The van der Waals surface area contributed by atoms with Crippen LogP contribution in [0.5, 0.6) is 0 Å². The number of nitrogens with two attached hydrogens (primary N) is 1. The van der Waals surface area contributed by atoms with Gasteiger partial charge in [0, 0.05) is 6.54 Å². The Morgan fingerprint density at radius 2 is 2.00 bits per heavy atom. The zero-order valence-corrected chi connectivity index (χ0v) is 17.7. The summed E-state index contributed by atoms with van der Waals surface area (Å²) in [6, 6.07) is 0. The van der Waals surface area contributed by atoms with Crippen molar-refractivity contribution in [2.45, 2.75) is 76.1 Å². The number of carbonyl (C=O) groups is 1. The Balaban J connectivity index is 1.68. The lowest BCUT2D eigenvalue weighted by molar-refractivity contribution is -0.137. The second-order valence-electron chi connectivity index (χ2n) is 8.46. The highest BCUT2D eigenvalue weighted by atomic mass is 16.6. The summed E-state index contributed by atoms with van der Waals surface area (Å²) in [5, 5.41) is 34.7. The first-order chi connectivity index (χ1) is 14.8. The van der Waals surface area contributed by atoms with E-state index in [-0.39, 0.29) is 17.3 Å². The van der Waals surface area contributed by atoms with Crippen LogP contribution in [0.3, 0.4) is 0 Å². The van der Waals surface area contributed by atoms with Gasteiger partial charge < -0.3 is 31.1 Å². The van der Waals surface area contributed by atoms with Crippen molar-refractivity contribution < 1.29 is 24.9 Å². The van der Waals surface area contributed by atoms with Crippen LogP contribution < -0.4 is 11.1 Å². The monoisotopic (exact) mass is 434 g/mol. The highest BCUT2D eigenvalue weighted by Gasteiger charge is 2.48. The smallest absolute Gasteiger partial charge is 0.252 e. The minimum Gasteiger partial charge on any atom is -0.387 e. The molecule has 0 bridgehead atoms. The molecule has 6 N–H and O–H groups in total. The average Bonchev–Trinajstić information content (AvgIpc) is 3.30. The molecule has 1 aliphatic carbocycles. The Morgan fingerprint density at radius 1 is 1.29 bits per heavy atom. The fourth-order valence-electron chi connectivity index (χ4n) is 4.50. The van der Waals surface area contributed by atoms with Gasteiger partial charge in [0.1, 0.15) is 23.3 Å². The predicted octanol–water partition coefficient (Wildman–Crippen LogP) is -0.0484. The molecular formula is C20H30N6O5. The maximum absolute atomic E-state index is 12.2. The third-order valence-electron chi connectivity index (χ3n) is 6.50. The molecule has 2 fully saturated rings. The second-order valence-corrected chi connectivity index (χ2v) is 8.46. The summed E-state index contributed by atoms with van der Waals surface area (Å²) >= 11 is 0. The van der Waals surface area contributed by atoms with Crippen LogP contribution in [0.4, 0.5) is 5.82 Å². The van der Waals surface area contributed by atoms with E-state index in [2.05, 4.69) is 27.2 Å². The number of anilines is 1. The second kappa shape index (κ2) is 8.30. The number of hydrogen-bond donors (Lipinski definition) is 5. The molecule has 2 aromatic rings. The molecule has 31 heavy (non-hydrogen) atoms. The van der Waals surface area contributed by atoms with Gasteiger partial charge in [0.15, 0.2) is 29.6 Å². The largest absolute Gasteiger partial charge is 0.387 e. The highest BCUT2D eigenvalue weighted by Crippen LogP contribution is 2.40. The molecule has 0 radical (unpaired) electrons. The summed E-state index contributed by atoms with van der Waals surface area (Å²) in [5.74, 6) is 0.375. The van der Waals surface area contributed by atoms with E-state index < -0.39 is 36.0 Å². The van der Waals surface area contributed by atoms with Crippen molar-refractivity contribution >= 4 is 22.9 Å². The summed E-state index contributed by atoms with van der Waals surface area (Å²) in [5.41, 5.74) is 5.48. The van der Waals surface area contributed by atoms with E-state index >= 15 is 0 Å². The normalized spacial score (nSPS) is 33.6. The van der Waals surface area contributed by atoms with Crippen LogP contribution >= 0.6 is 0 Å². The number of nitrogen functional groups attached to an aromatic ring is 1. The molecule has 1 amide bonds. The van der Waals surface area contributed by atoms with Crippen LogP contribution in [-0.4, -0.2) is 65.6 Å². The van der Waals surface area contributed by atoms with Gasteiger partial charge in [0.25, 0.3) is 5.91 Å². The highest BCUT2D eigenvalue weighted by molar-refractivity contribution is 5.83. The van der Waals surface area contributed by atoms with Gasteiger partial charge in [-0.05, 0) is 38.5 Å². The van der Waals surface area contributed by atoms with E-state index in [1.54, 1.807) is 6.92 Å². The molecule has 0 spiro atoms. The Bertz CT molecular complexity index is 957. The van der Waals surface area contributed by atoms with Crippen molar-refractivity contribution in [1.29, 1.82) is 0 Å². The van der Waals surface area contributed by atoms with Gasteiger partial charge in [-0.2, -0.15) is 0 Å². The Hall–Kier alpha value is -2.34. The van der Waals surface area contributed by atoms with Crippen molar-refractivity contribution in [3.05, 3.63) is 12.2 Å². The summed E-state index contributed by atoms with van der Waals surface area (Å²) < 4.78 is 7.10. The number of aromatic nitrogens is 4. The topological polar surface area (TPSA) is 169 Å². The van der Waals surface area contributed by atoms with Crippen LogP contribution in [-0.2, 0) is 15.1 Å². The number of nitrogens with zero attached hydrogens (tertiary/aromatic N) is 4. The SMILES string of the molecule is CCNC(=O)[C@H]1O[C@@H](n2cnc3c(N)nc(C4(O)CCC(CC)CC4)nc32)C(O)C1O. The van der Waals surface area contributed by atoms with Gasteiger partial charge in [-0.15, -0.1) is 0 Å². The van der Waals surface area contributed by atoms with E-state index in [0.29, 0.717) is 30.8 Å². The van der Waals surface area contributed by atoms with Crippen molar-refractivity contribution in [2.24, 2.45) is 5.92 Å². The maximum atomic E-state index is 12.2. The number of nitrogens with one attached hydrogen (secondary N) is 1. The molecule has 2 unspecified atom stereocenters. The molecule has 1 saturated heterocycles. The number of carbonyl (C=O) groups excluding carboxylic acids is 1. The maximum Gasteiger partial charge on any atom is 0.252 e. The van der Waals surface area contributed by atoms with Crippen LogP contribution in [0.15, 0.2) is 6.33 Å². The lowest BCUT2D eigenvalue weighted by Crippen LogP contribution is -2.42. The molecule has 2 aromatic heterocycles. The molecule has 11 heteroatoms. The molecule has 1 saturated carbocycles. The molecule has 2 aliphatic rings. The van der Waals surface area contributed by atoms with E-state index in [9.17, 15) is 20.1 Å². The minimum absolute atomic E-state index is 0.109. The van der Waals surface area contributed by atoms with Crippen LogP contribution in [0.1, 0.15) is 58.0 Å². The number of likely N-dealkylation sites (N-methyl/N-ethyl adjacent to an activating group) is 1. The van der Waals surface area contributed by atoms with Crippen LogP contribution in [0.2, 0.25) is 0 Å². The molecule has 4 rings (SSSR count). The number of hydrogen-bond acceptors (Lipinski definition) is 9. The Labute approximate surface area is 179 Å². The van der Waals surface area contributed by atoms with E-state index in [0.717, 1.165) is 19.3 Å². The number of rotatable bonds is 5. The van der Waals surface area contributed by atoms with Crippen molar-refractivity contribution in [3.8, 4) is 0 Å². The Kier molecular flexibility index (Phi) is 5.86. The van der Waals surface area contributed by atoms with E-state index in [4.69, 9.17) is 10.5 Å². The average molecular weight is 434 g/mol. The van der Waals surface area contributed by atoms with Gasteiger partial charge in [-0.1, -0.05) is 13.3 Å². The molecular weight excluding hydrogens is 404 g/mol. The standard InChI is InChI=1S/C20H30N6O5/c1-3-10-5-7-20(30,8-6-10)19-24-15(21)11-16(25-19)26(9-23-11)18-13(28)12(27)14(31-18)17(29)22-4-2/h9-10,12-14,18,27-28,30H,3-8H2,1-2H3,(H,22,29)(H2,21,24,25)/t10?,12?,13?,14-,18+,20?/m0/s1. The first-order valence-electron chi connectivity index (χ1n) is 10.8.